The van der Waals surface area contributed by atoms with Crippen molar-refractivity contribution in [3.63, 3.8) is 0 Å². The number of carbonyl (C=O) groups excluding carboxylic acids is 2. The van der Waals surface area contributed by atoms with E-state index in [0.717, 1.165) is 0 Å². The van der Waals surface area contributed by atoms with Gasteiger partial charge in [-0.3, -0.25) is 10.1 Å². The Morgan fingerprint density at radius 3 is 2.46 bits per heavy atom. The molecular formula is C17H21N3O6. The first kappa shape index (κ1) is 18.0. The molecule has 1 amide bonds. The van der Waals surface area contributed by atoms with E-state index in [-0.39, 0.29) is 24.0 Å². The summed E-state index contributed by atoms with van der Waals surface area (Å²) in [5, 5.41) is 11.4. The lowest BCUT2D eigenvalue weighted by Gasteiger charge is -2.36. The van der Waals surface area contributed by atoms with Gasteiger partial charge in [0.25, 0.3) is 5.69 Å². The third-order valence-electron chi connectivity index (χ3n) is 4.25. The lowest BCUT2D eigenvalue weighted by atomic mass is 10.1. The summed E-state index contributed by atoms with van der Waals surface area (Å²) >= 11 is 0. The molecule has 26 heavy (non-hydrogen) atoms. The van der Waals surface area contributed by atoms with Gasteiger partial charge in [-0.2, -0.15) is 0 Å². The summed E-state index contributed by atoms with van der Waals surface area (Å²) in [6.45, 7) is 7.21. The van der Waals surface area contributed by atoms with Crippen LogP contribution in [-0.4, -0.2) is 53.7 Å². The SMILES string of the molecule is CC(C)(C)OC(=O)N1CCN(c2cc3c(cc2[N+](=O)[O-])C(=O)OC3)CC1. The van der Waals surface area contributed by atoms with Crippen LogP contribution in [0.4, 0.5) is 16.2 Å². The number of piperazine rings is 1. The molecular weight excluding hydrogens is 342 g/mol. The Kier molecular flexibility index (Phi) is 4.47. The molecule has 0 atom stereocenters. The number of hydrogen-bond acceptors (Lipinski definition) is 7. The molecule has 1 aromatic carbocycles. The number of cyclic esters (lactones) is 1. The van der Waals surface area contributed by atoms with Crippen molar-refractivity contribution in [3.05, 3.63) is 33.4 Å². The van der Waals surface area contributed by atoms with Crippen LogP contribution in [-0.2, 0) is 16.1 Å². The van der Waals surface area contributed by atoms with Crippen molar-refractivity contribution >= 4 is 23.4 Å². The quantitative estimate of drug-likeness (QED) is 0.451. The van der Waals surface area contributed by atoms with Crippen molar-refractivity contribution in [2.24, 2.45) is 0 Å². The number of fused-ring (bicyclic) bond motifs is 1. The van der Waals surface area contributed by atoms with Crippen LogP contribution in [0.3, 0.4) is 0 Å². The Labute approximate surface area is 150 Å². The molecule has 9 heteroatoms. The van der Waals surface area contributed by atoms with Crippen LogP contribution in [0.5, 0.6) is 0 Å². The molecule has 1 aromatic rings. The van der Waals surface area contributed by atoms with Crippen LogP contribution in [0.15, 0.2) is 12.1 Å². The molecule has 0 aromatic heterocycles. The van der Waals surface area contributed by atoms with Gasteiger partial charge in [-0.1, -0.05) is 0 Å². The van der Waals surface area contributed by atoms with Crippen LogP contribution in [0.25, 0.3) is 0 Å². The first-order valence-corrected chi connectivity index (χ1v) is 8.37. The van der Waals surface area contributed by atoms with Gasteiger partial charge in [-0.15, -0.1) is 0 Å². The van der Waals surface area contributed by atoms with Gasteiger partial charge in [0, 0.05) is 37.8 Å². The lowest BCUT2D eigenvalue weighted by molar-refractivity contribution is -0.384. The number of nitrogens with zero attached hydrogens (tertiary/aromatic N) is 3. The van der Waals surface area contributed by atoms with Crippen LogP contribution in [0, 0.1) is 10.1 Å². The molecule has 0 radical (unpaired) electrons. The fraction of sp³-hybridized carbons (Fsp3) is 0.529. The van der Waals surface area contributed by atoms with E-state index in [2.05, 4.69) is 0 Å². The van der Waals surface area contributed by atoms with E-state index in [1.807, 2.05) is 4.90 Å². The molecule has 0 N–H and O–H groups in total. The lowest BCUT2D eigenvalue weighted by Crippen LogP contribution is -2.50. The highest BCUT2D eigenvalue weighted by Gasteiger charge is 2.32. The van der Waals surface area contributed by atoms with Crippen molar-refractivity contribution in [3.8, 4) is 0 Å². The standard InChI is InChI=1S/C17H21N3O6/c1-17(2,3)26-16(22)19-6-4-18(5-7-19)13-8-11-10-25-15(21)12(11)9-14(13)20(23)24/h8-9H,4-7,10H2,1-3H3. The van der Waals surface area contributed by atoms with Gasteiger partial charge in [-0.05, 0) is 26.8 Å². The summed E-state index contributed by atoms with van der Waals surface area (Å²) in [7, 11) is 0. The van der Waals surface area contributed by atoms with Gasteiger partial charge in [0.1, 0.15) is 17.9 Å². The summed E-state index contributed by atoms with van der Waals surface area (Å²) in [5.41, 5.74) is 0.627. The molecule has 0 unspecified atom stereocenters. The molecule has 0 aliphatic carbocycles. The third kappa shape index (κ3) is 3.56. The summed E-state index contributed by atoms with van der Waals surface area (Å²) in [6, 6.07) is 2.92. The zero-order valence-electron chi connectivity index (χ0n) is 15.0. The minimum absolute atomic E-state index is 0.122. The number of esters is 1. The predicted molar refractivity (Wildman–Crippen MR) is 92.2 cm³/mol. The zero-order valence-corrected chi connectivity index (χ0v) is 15.0. The monoisotopic (exact) mass is 363 g/mol. The second-order valence-corrected chi connectivity index (χ2v) is 7.29. The number of hydrogen-bond donors (Lipinski definition) is 0. The normalized spacial score (nSPS) is 17.0. The number of benzene rings is 1. The number of rotatable bonds is 2. The minimum Gasteiger partial charge on any atom is -0.457 e. The van der Waals surface area contributed by atoms with Crippen molar-refractivity contribution in [2.45, 2.75) is 33.0 Å². The fourth-order valence-corrected chi connectivity index (χ4v) is 3.01. The van der Waals surface area contributed by atoms with Crippen LogP contribution >= 0.6 is 0 Å². The molecule has 1 fully saturated rings. The number of nitro groups is 1. The van der Waals surface area contributed by atoms with Crippen molar-refractivity contribution in [1.82, 2.24) is 4.90 Å². The van der Waals surface area contributed by atoms with E-state index in [0.29, 0.717) is 37.4 Å². The minimum atomic E-state index is -0.570. The second-order valence-electron chi connectivity index (χ2n) is 7.29. The van der Waals surface area contributed by atoms with E-state index >= 15 is 0 Å². The van der Waals surface area contributed by atoms with Gasteiger partial charge >= 0.3 is 12.1 Å². The van der Waals surface area contributed by atoms with Crippen molar-refractivity contribution < 1.29 is 24.0 Å². The number of carbonyl (C=O) groups is 2. The predicted octanol–water partition coefficient (Wildman–Crippen LogP) is 2.32. The maximum atomic E-state index is 12.1. The van der Waals surface area contributed by atoms with E-state index in [1.165, 1.54) is 6.07 Å². The summed E-state index contributed by atoms with van der Waals surface area (Å²) < 4.78 is 10.3. The van der Waals surface area contributed by atoms with E-state index < -0.39 is 16.5 Å². The molecule has 1 saturated heterocycles. The molecule has 0 saturated carbocycles. The number of nitro benzene ring substituents is 1. The Bertz CT molecular complexity index is 762. The fourth-order valence-electron chi connectivity index (χ4n) is 3.01. The highest BCUT2D eigenvalue weighted by molar-refractivity contribution is 5.95. The zero-order chi connectivity index (χ0) is 19.1. The Morgan fingerprint density at radius 1 is 1.23 bits per heavy atom. The maximum absolute atomic E-state index is 12.1. The average Bonchev–Trinajstić information content (AvgIpc) is 2.93. The van der Waals surface area contributed by atoms with Gasteiger partial charge in [0.2, 0.25) is 0 Å². The molecule has 2 aliphatic rings. The van der Waals surface area contributed by atoms with Crippen molar-refractivity contribution in [1.29, 1.82) is 0 Å². The molecule has 2 heterocycles. The van der Waals surface area contributed by atoms with Gasteiger partial charge < -0.3 is 19.3 Å². The third-order valence-corrected chi connectivity index (χ3v) is 4.25. The summed E-state index contributed by atoms with van der Waals surface area (Å²) in [6.07, 6.45) is -0.389. The van der Waals surface area contributed by atoms with Gasteiger partial charge in [-0.25, -0.2) is 9.59 Å². The highest BCUT2D eigenvalue weighted by Crippen LogP contribution is 2.35. The van der Waals surface area contributed by atoms with Gasteiger partial charge in [0.05, 0.1) is 10.5 Å². The van der Waals surface area contributed by atoms with E-state index in [1.54, 1.807) is 31.7 Å². The Morgan fingerprint density at radius 2 is 1.88 bits per heavy atom. The molecule has 0 bridgehead atoms. The number of anilines is 1. The van der Waals surface area contributed by atoms with Crippen LogP contribution in [0.1, 0.15) is 36.7 Å². The second kappa shape index (κ2) is 6.47. The molecule has 2 aliphatic heterocycles. The summed E-state index contributed by atoms with van der Waals surface area (Å²) in [4.78, 5) is 38.2. The van der Waals surface area contributed by atoms with Crippen LogP contribution in [0.2, 0.25) is 0 Å². The average molecular weight is 363 g/mol. The van der Waals surface area contributed by atoms with Crippen molar-refractivity contribution in [2.75, 3.05) is 31.1 Å². The molecule has 9 nitrogen and oxygen atoms in total. The Balaban J connectivity index is 1.76. The number of amides is 1. The summed E-state index contributed by atoms with van der Waals surface area (Å²) in [5.74, 6) is -0.538. The number of ether oxygens (including phenoxy) is 2. The maximum Gasteiger partial charge on any atom is 0.410 e. The Hall–Kier alpha value is -2.84. The van der Waals surface area contributed by atoms with E-state index in [9.17, 15) is 19.7 Å². The first-order chi connectivity index (χ1) is 12.2. The molecule has 140 valence electrons. The largest absolute Gasteiger partial charge is 0.457 e. The first-order valence-electron chi connectivity index (χ1n) is 8.37. The topological polar surface area (TPSA) is 102 Å². The highest BCUT2D eigenvalue weighted by atomic mass is 16.6. The van der Waals surface area contributed by atoms with Crippen LogP contribution < -0.4 is 4.90 Å². The van der Waals surface area contributed by atoms with E-state index in [4.69, 9.17) is 9.47 Å². The molecule has 0 spiro atoms. The molecule has 3 rings (SSSR count). The smallest absolute Gasteiger partial charge is 0.410 e. The van der Waals surface area contributed by atoms with Gasteiger partial charge in [0.15, 0.2) is 0 Å².